The highest BCUT2D eigenvalue weighted by atomic mass is 79.9. The van der Waals surface area contributed by atoms with Crippen molar-refractivity contribution in [2.24, 2.45) is 0 Å². The molecule has 0 saturated heterocycles. The third-order valence-corrected chi connectivity index (χ3v) is 5.45. The van der Waals surface area contributed by atoms with Crippen LogP contribution in [0.4, 0.5) is 11.4 Å². The number of hydrogen-bond acceptors (Lipinski definition) is 6. The quantitative estimate of drug-likeness (QED) is 0.453. The number of rotatable bonds is 8. The van der Waals surface area contributed by atoms with E-state index in [0.29, 0.717) is 54.4 Å². The Morgan fingerprint density at radius 1 is 0.967 bits per heavy atom. The van der Waals surface area contributed by atoms with E-state index in [1.54, 1.807) is 6.07 Å². The number of carbonyl (C=O) groups is 2. The molecule has 2 N–H and O–H groups in total. The first-order chi connectivity index (χ1) is 14.6. The normalized spacial score (nSPS) is 17.3. The molecular formula is C22H21BrN2O5. The molecule has 0 fully saturated rings. The molecule has 0 bridgehead atoms. The first-order valence-electron chi connectivity index (χ1n) is 9.65. The molecule has 2 aliphatic rings. The Morgan fingerprint density at radius 2 is 1.73 bits per heavy atom. The van der Waals surface area contributed by atoms with Gasteiger partial charge in [0.05, 0.1) is 50.0 Å². The fourth-order valence-electron chi connectivity index (χ4n) is 3.67. The van der Waals surface area contributed by atoms with Gasteiger partial charge in [0.25, 0.3) is 5.91 Å². The van der Waals surface area contributed by atoms with Crippen molar-refractivity contribution in [1.82, 2.24) is 0 Å². The number of nitrogens with zero attached hydrogens (tertiary/aromatic N) is 1. The number of para-hydroxylation sites is 1. The second kappa shape index (κ2) is 9.09. The van der Waals surface area contributed by atoms with Gasteiger partial charge in [0.2, 0.25) is 5.78 Å². The summed E-state index contributed by atoms with van der Waals surface area (Å²) in [6, 6.07) is 12.9. The molecule has 30 heavy (non-hydrogen) atoms. The van der Waals surface area contributed by atoms with Crippen LogP contribution in [0.5, 0.6) is 0 Å². The molecule has 7 nitrogen and oxygen atoms in total. The van der Waals surface area contributed by atoms with Crippen molar-refractivity contribution in [3.8, 4) is 0 Å². The molecular weight excluding hydrogens is 452 g/mol. The summed E-state index contributed by atoms with van der Waals surface area (Å²) in [6.07, 6.45) is 0. The van der Waals surface area contributed by atoms with Crippen LogP contribution >= 0.6 is 15.9 Å². The van der Waals surface area contributed by atoms with Gasteiger partial charge in [0.15, 0.2) is 0 Å². The number of allylic oxidation sites excluding steroid dienone is 1. The van der Waals surface area contributed by atoms with Gasteiger partial charge in [0, 0.05) is 22.1 Å². The van der Waals surface area contributed by atoms with Gasteiger partial charge in [-0.1, -0.05) is 34.1 Å². The Balaban J connectivity index is 1.63. The van der Waals surface area contributed by atoms with Crippen molar-refractivity contribution >= 4 is 44.6 Å². The van der Waals surface area contributed by atoms with Crippen LogP contribution in [-0.2, 0) is 14.3 Å². The lowest BCUT2D eigenvalue weighted by atomic mass is 10.0. The van der Waals surface area contributed by atoms with Gasteiger partial charge in [0.1, 0.15) is 5.70 Å². The summed E-state index contributed by atoms with van der Waals surface area (Å²) < 4.78 is 11.7. The number of ether oxygens (including phenoxy) is 2. The minimum atomic E-state index is -0.289. The van der Waals surface area contributed by atoms with E-state index < -0.39 is 0 Å². The molecule has 0 unspecified atom stereocenters. The van der Waals surface area contributed by atoms with Crippen molar-refractivity contribution in [1.29, 1.82) is 0 Å². The topological polar surface area (TPSA) is 88.1 Å². The highest BCUT2D eigenvalue weighted by molar-refractivity contribution is 9.10. The number of amides is 1. The zero-order valence-corrected chi connectivity index (χ0v) is 17.8. The molecule has 0 radical (unpaired) electrons. The molecule has 156 valence electrons. The molecule has 1 amide bonds. The summed E-state index contributed by atoms with van der Waals surface area (Å²) in [7, 11) is 0. The lowest BCUT2D eigenvalue weighted by Gasteiger charge is -2.21. The van der Waals surface area contributed by atoms with E-state index in [-0.39, 0.29) is 24.9 Å². The second-order valence-electron chi connectivity index (χ2n) is 6.81. The van der Waals surface area contributed by atoms with Crippen LogP contribution in [0, 0.1) is 0 Å². The van der Waals surface area contributed by atoms with Crippen LogP contribution in [0.15, 0.2) is 52.6 Å². The number of halogens is 1. The van der Waals surface area contributed by atoms with Crippen molar-refractivity contribution < 1.29 is 24.2 Å². The molecule has 0 spiro atoms. The Hall–Kier alpha value is -2.52. The molecule has 2 aliphatic heterocycles. The summed E-state index contributed by atoms with van der Waals surface area (Å²) in [5.41, 5.74) is 3.48. The number of carbonyl (C=O) groups excluding carboxylic acids is 2. The van der Waals surface area contributed by atoms with Crippen LogP contribution in [0.2, 0.25) is 0 Å². The molecule has 8 heteroatoms. The highest BCUT2D eigenvalue weighted by Crippen LogP contribution is 2.42. The van der Waals surface area contributed by atoms with Crippen LogP contribution < -0.4 is 10.2 Å². The van der Waals surface area contributed by atoms with Crippen LogP contribution in [-0.4, -0.2) is 56.4 Å². The predicted molar refractivity (Wildman–Crippen MR) is 117 cm³/mol. The molecule has 2 heterocycles. The largest absolute Gasteiger partial charge is 0.394 e. The Kier molecular flexibility index (Phi) is 6.29. The summed E-state index contributed by atoms with van der Waals surface area (Å²) in [5.74, 6) is -0.458. The van der Waals surface area contributed by atoms with Gasteiger partial charge in [-0.2, -0.15) is 0 Å². The second-order valence-corrected chi connectivity index (χ2v) is 7.73. The summed E-state index contributed by atoms with van der Waals surface area (Å²) in [6.45, 7) is 1.79. The number of Topliss-reactive ketones (excluding diaryl/α,β-unsaturated/α-hetero) is 1. The van der Waals surface area contributed by atoms with Gasteiger partial charge < -0.3 is 24.8 Å². The maximum absolute atomic E-state index is 13.3. The lowest BCUT2D eigenvalue weighted by Crippen LogP contribution is -2.28. The number of aliphatic hydroxyl groups is 1. The first kappa shape index (κ1) is 20.7. The fraction of sp³-hybridized carbons (Fsp3) is 0.273. The van der Waals surface area contributed by atoms with E-state index in [2.05, 4.69) is 21.2 Å². The first-order valence-corrected chi connectivity index (χ1v) is 10.4. The van der Waals surface area contributed by atoms with Crippen LogP contribution in [0.25, 0.3) is 5.57 Å². The lowest BCUT2D eigenvalue weighted by molar-refractivity contribution is -0.110. The molecule has 0 aromatic heterocycles. The number of aliphatic hydroxyl groups excluding tert-OH is 1. The van der Waals surface area contributed by atoms with E-state index in [1.165, 1.54) is 0 Å². The number of nitrogens with one attached hydrogen (secondary N) is 1. The Morgan fingerprint density at radius 3 is 2.53 bits per heavy atom. The van der Waals surface area contributed by atoms with Crippen molar-refractivity contribution in [2.75, 3.05) is 49.8 Å². The maximum atomic E-state index is 13.3. The predicted octanol–water partition coefficient (Wildman–Crippen LogP) is 2.84. The van der Waals surface area contributed by atoms with Gasteiger partial charge in [-0.15, -0.1) is 0 Å². The number of fused-ring (bicyclic) bond motifs is 2. The molecule has 4 rings (SSSR count). The van der Waals surface area contributed by atoms with Crippen LogP contribution in [0.3, 0.4) is 0 Å². The average Bonchev–Trinajstić information content (AvgIpc) is 3.20. The minimum Gasteiger partial charge on any atom is -0.394 e. The van der Waals surface area contributed by atoms with Gasteiger partial charge >= 0.3 is 0 Å². The number of ketones is 1. The summed E-state index contributed by atoms with van der Waals surface area (Å²) >= 11 is 3.41. The van der Waals surface area contributed by atoms with Crippen LogP contribution in [0.1, 0.15) is 15.9 Å². The van der Waals surface area contributed by atoms with Crippen molar-refractivity contribution in [3.63, 3.8) is 0 Å². The van der Waals surface area contributed by atoms with Gasteiger partial charge in [-0.3, -0.25) is 9.59 Å². The SMILES string of the molecule is O=C1Nc2cc(Br)ccc2/C1=C1\C(=O)c2ccccc2N1CCOCCOCCO. The van der Waals surface area contributed by atoms with Crippen molar-refractivity contribution in [2.45, 2.75) is 0 Å². The molecule has 2 aromatic rings. The summed E-state index contributed by atoms with van der Waals surface area (Å²) in [4.78, 5) is 27.9. The summed E-state index contributed by atoms with van der Waals surface area (Å²) in [5, 5.41) is 11.6. The molecule has 0 atom stereocenters. The average molecular weight is 473 g/mol. The Bertz CT molecular complexity index is 1020. The highest BCUT2D eigenvalue weighted by Gasteiger charge is 2.39. The van der Waals surface area contributed by atoms with E-state index >= 15 is 0 Å². The molecule has 2 aromatic carbocycles. The number of benzene rings is 2. The number of anilines is 2. The molecule has 0 saturated carbocycles. The Labute approximate surface area is 182 Å². The van der Waals surface area contributed by atoms with E-state index in [0.717, 1.165) is 10.2 Å². The van der Waals surface area contributed by atoms with E-state index in [1.807, 2.05) is 41.3 Å². The fourth-order valence-corrected chi connectivity index (χ4v) is 4.04. The smallest absolute Gasteiger partial charge is 0.258 e. The minimum absolute atomic E-state index is 0.0241. The third-order valence-electron chi connectivity index (χ3n) is 4.95. The zero-order chi connectivity index (χ0) is 21.1. The van der Waals surface area contributed by atoms with Crippen molar-refractivity contribution in [3.05, 3.63) is 63.8 Å². The van der Waals surface area contributed by atoms with E-state index in [4.69, 9.17) is 14.6 Å². The van der Waals surface area contributed by atoms with Gasteiger partial charge in [-0.25, -0.2) is 0 Å². The monoisotopic (exact) mass is 472 g/mol. The third kappa shape index (κ3) is 3.91. The zero-order valence-electron chi connectivity index (χ0n) is 16.2. The standard InChI is InChI=1S/C22H21BrN2O5/c23-14-5-6-15-17(13-14)24-22(28)19(15)20-21(27)16-3-1-2-4-18(16)25(20)7-9-29-11-12-30-10-8-26/h1-6,13,26H,7-12H2,(H,24,28)/b20-19-. The maximum Gasteiger partial charge on any atom is 0.258 e. The van der Waals surface area contributed by atoms with E-state index in [9.17, 15) is 9.59 Å². The molecule has 0 aliphatic carbocycles. The number of hydrogen-bond donors (Lipinski definition) is 2. The van der Waals surface area contributed by atoms with Gasteiger partial charge in [-0.05, 0) is 24.3 Å².